The van der Waals surface area contributed by atoms with Crippen LogP contribution in [0.5, 0.6) is 0 Å². The highest BCUT2D eigenvalue weighted by Gasteiger charge is 2.13. The van der Waals surface area contributed by atoms with Gasteiger partial charge in [-0.2, -0.15) is 4.68 Å². The van der Waals surface area contributed by atoms with Gasteiger partial charge in [0.2, 0.25) is 0 Å². The van der Waals surface area contributed by atoms with Crippen molar-refractivity contribution in [1.29, 1.82) is 0 Å². The Kier molecular flexibility index (Phi) is 3.24. The molecule has 0 N–H and O–H groups in total. The summed E-state index contributed by atoms with van der Waals surface area (Å²) >= 11 is 2.07. The summed E-state index contributed by atoms with van der Waals surface area (Å²) in [4.78, 5) is 0. The van der Waals surface area contributed by atoms with Crippen LogP contribution >= 0.6 is 22.6 Å². The van der Waals surface area contributed by atoms with Gasteiger partial charge in [0.25, 0.3) is 0 Å². The zero-order chi connectivity index (χ0) is 13.2. The fraction of sp³-hybridized carbons (Fsp3) is 0. The van der Waals surface area contributed by atoms with Gasteiger partial charge >= 0.3 is 0 Å². The minimum absolute atomic E-state index is 0.275. The standard InChI is InChI=1S/C13H8FIN4/c14-10-6-7-12(11(15)8-10)19-13(16-17-18-19)9-4-2-1-3-5-9/h1-8H. The van der Waals surface area contributed by atoms with Crippen LogP contribution in [0, 0.1) is 9.39 Å². The molecule has 1 heterocycles. The molecule has 3 rings (SSSR count). The lowest BCUT2D eigenvalue weighted by Crippen LogP contribution is -2.02. The average Bonchev–Trinajstić information content (AvgIpc) is 2.89. The highest BCUT2D eigenvalue weighted by Crippen LogP contribution is 2.23. The van der Waals surface area contributed by atoms with Crippen LogP contribution in [0.3, 0.4) is 0 Å². The zero-order valence-corrected chi connectivity index (χ0v) is 11.8. The Morgan fingerprint density at radius 3 is 2.58 bits per heavy atom. The van der Waals surface area contributed by atoms with Crippen LogP contribution in [-0.2, 0) is 0 Å². The van der Waals surface area contributed by atoms with Crippen LogP contribution in [0.1, 0.15) is 0 Å². The van der Waals surface area contributed by atoms with Crippen LogP contribution in [0.4, 0.5) is 4.39 Å². The molecule has 19 heavy (non-hydrogen) atoms. The van der Waals surface area contributed by atoms with Gasteiger partial charge in [-0.25, -0.2) is 4.39 Å². The maximum absolute atomic E-state index is 13.1. The topological polar surface area (TPSA) is 43.6 Å². The Labute approximate surface area is 122 Å². The summed E-state index contributed by atoms with van der Waals surface area (Å²) in [5, 5.41) is 11.7. The van der Waals surface area contributed by atoms with Crippen LogP contribution in [0.25, 0.3) is 17.1 Å². The van der Waals surface area contributed by atoms with Crippen molar-refractivity contribution in [1.82, 2.24) is 20.2 Å². The Morgan fingerprint density at radius 2 is 1.84 bits per heavy atom. The molecule has 3 aromatic rings. The summed E-state index contributed by atoms with van der Waals surface area (Å²) in [7, 11) is 0. The molecular weight excluding hydrogens is 358 g/mol. The summed E-state index contributed by atoms with van der Waals surface area (Å²) in [6.07, 6.45) is 0. The number of aromatic nitrogens is 4. The van der Waals surface area contributed by atoms with Crippen LogP contribution < -0.4 is 0 Å². The molecule has 0 atom stereocenters. The van der Waals surface area contributed by atoms with Gasteiger partial charge < -0.3 is 0 Å². The van der Waals surface area contributed by atoms with Gasteiger partial charge in [0.15, 0.2) is 5.82 Å². The first-order valence-corrected chi connectivity index (χ1v) is 6.63. The smallest absolute Gasteiger partial charge is 0.187 e. The lowest BCUT2D eigenvalue weighted by atomic mass is 10.2. The molecule has 0 unspecified atom stereocenters. The maximum Gasteiger partial charge on any atom is 0.187 e. The fourth-order valence-corrected chi connectivity index (χ4v) is 2.48. The van der Waals surface area contributed by atoms with E-state index in [0.717, 1.165) is 14.8 Å². The van der Waals surface area contributed by atoms with E-state index in [1.54, 1.807) is 10.7 Å². The molecule has 0 bridgehead atoms. The Hall–Kier alpha value is -1.83. The molecule has 1 aromatic heterocycles. The summed E-state index contributed by atoms with van der Waals surface area (Å²) in [6, 6.07) is 14.1. The molecule has 0 saturated carbocycles. The molecule has 0 aliphatic rings. The van der Waals surface area contributed by atoms with Gasteiger partial charge in [-0.1, -0.05) is 30.3 Å². The van der Waals surface area contributed by atoms with E-state index in [9.17, 15) is 4.39 Å². The quantitative estimate of drug-likeness (QED) is 0.655. The third-order valence-corrected chi connectivity index (χ3v) is 3.50. The first-order valence-electron chi connectivity index (χ1n) is 5.55. The molecule has 2 aromatic carbocycles. The molecule has 0 amide bonds. The fourth-order valence-electron chi connectivity index (χ4n) is 1.77. The zero-order valence-electron chi connectivity index (χ0n) is 9.66. The number of benzene rings is 2. The van der Waals surface area contributed by atoms with Crippen molar-refractivity contribution in [2.75, 3.05) is 0 Å². The van der Waals surface area contributed by atoms with Crippen LogP contribution in [-0.4, -0.2) is 20.2 Å². The highest BCUT2D eigenvalue weighted by atomic mass is 127. The molecule has 4 nitrogen and oxygen atoms in total. The highest BCUT2D eigenvalue weighted by molar-refractivity contribution is 14.1. The third kappa shape index (κ3) is 2.35. The van der Waals surface area contributed by atoms with E-state index in [1.165, 1.54) is 12.1 Å². The van der Waals surface area contributed by atoms with E-state index in [1.807, 2.05) is 30.3 Å². The van der Waals surface area contributed by atoms with E-state index < -0.39 is 0 Å². The predicted molar refractivity (Wildman–Crippen MR) is 77.3 cm³/mol. The van der Waals surface area contributed by atoms with Crippen molar-refractivity contribution in [2.24, 2.45) is 0 Å². The minimum atomic E-state index is -0.275. The molecule has 0 aliphatic carbocycles. The van der Waals surface area contributed by atoms with E-state index in [2.05, 4.69) is 38.1 Å². The molecule has 0 spiro atoms. The van der Waals surface area contributed by atoms with Crippen molar-refractivity contribution in [3.63, 3.8) is 0 Å². The molecular formula is C13H8FIN4. The van der Waals surface area contributed by atoms with E-state index in [0.29, 0.717) is 5.82 Å². The molecule has 0 radical (unpaired) electrons. The Balaban J connectivity index is 2.15. The minimum Gasteiger partial charge on any atom is -0.207 e. The van der Waals surface area contributed by atoms with Crippen LogP contribution in [0.2, 0.25) is 0 Å². The second-order valence-electron chi connectivity index (χ2n) is 3.88. The van der Waals surface area contributed by atoms with Gasteiger partial charge in [0, 0.05) is 9.13 Å². The molecule has 0 aliphatic heterocycles. The number of hydrogen-bond acceptors (Lipinski definition) is 3. The molecule has 0 saturated heterocycles. The first-order chi connectivity index (χ1) is 9.25. The van der Waals surface area contributed by atoms with Crippen molar-refractivity contribution in [2.45, 2.75) is 0 Å². The van der Waals surface area contributed by atoms with E-state index in [4.69, 9.17) is 0 Å². The van der Waals surface area contributed by atoms with Crippen molar-refractivity contribution >= 4 is 22.6 Å². The van der Waals surface area contributed by atoms with Gasteiger partial charge in [-0.05, 0) is 51.2 Å². The van der Waals surface area contributed by atoms with Gasteiger partial charge in [0.05, 0.1) is 5.69 Å². The van der Waals surface area contributed by atoms with Crippen molar-refractivity contribution in [3.8, 4) is 17.1 Å². The van der Waals surface area contributed by atoms with Crippen molar-refractivity contribution in [3.05, 3.63) is 57.9 Å². The molecule has 94 valence electrons. The summed E-state index contributed by atoms with van der Waals surface area (Å²) in [6.45, 7) is 0. The van der Waals surface area contributed by atoms with E-state index >= 15 is 0 Å². The number of rotatable bonds is 2. The molecule has 6 heteroatoms. The second-order valence-corrected chi connectivity index (χ2v) is 5.04. The van der Waals surface area contributed by atoms with Crippen molar-refractivity contribution < 1.29 is 4.39 Å². The third-order valence-electron chi connectivity index (χ3n) is 2.64. The monoisotopic (exact) mass is 366 g/mol. The lowest BCUT2D eigenvalue weighted by molar-refractivity contribution is 0.625. The number of nitrogens with zero attached hydrogens (tertiary/aromatic N) is 4. The summed E-state index contributed by atoms with van der Waals surface area (Å²) < 4.78 is 15.5. The van der Waals surface area contributed by atoms with Gasteiger partial charge in [0.1, 0.15) is 5.82 Å². The summed E-state index contributed by atoms with van der Waals surface area (Å²) in [5.74, 6) is 0.354. The van der Waals surface area contributed by atoms with E-state index in [-0.39, 0.29) is 5.82 Å². The number of hydrogen-bond donors (Lipinski definition) is 0. The SMILES string of the molecule is Fc1ccc(-n2nnnc2-c2ccccc2)c(I)c1. The predicted octanol–water partition coefficient (Wildman–Crippen LogP) is 3.07. The Morgan fingerprint density at radius 1 is 1.05 bits per heavy atom. The second kappa shape index (κ2) is 5.04. The average molecular weight is 366 g/mol. The lowest BCUT2D eigenvalue weighted by Gasteiger charge is -2.06. The van der Waals surface area contributed by atoms with Gasteiger partial charge in [-0.15, -0.1) is 5.10 Å². The molecule has 0 fully saturated rings. The van der Waals surface area contributed by atoms with Crippen LogP contribution in [0.15, 0.2) is 48.5 Å². The summed E-state index contributed by atoms with van der Waals surface area (Å²) in [5.41, 5.74) is 1.67. The number of tetrazole rings is 1. The maximum atomic E-state index is 13.1. The Bertz CT molecular complexity index is 712. The first kappa shape index (κ1) is 12.2. The number of halogens is 2. The van der Waals surface area contributed by atoms with Gasteiger partial charge in [-0.3, -0.25) is 0 Å². The normalized spacial score (nSPS) is 10.6. The largest absolute Gasteiger partial charge is 0.207 e.